The fourth-order valence-corrected chi connectivity index (χ4v) is 3.66. The molecule has 1 unspecified atom stereocenters. The van der Waals surface area contributed by atoms with Crippen molar-refractivity contribution in [3.8, 4) is 11.8 Å². The third-order valence-corrected chi connectivity index (χ3v) is 5.07. The summed E-state index contributed by atoms with van der Waals surface area (Å²) in [5.74, 6) is 0.333. The third kappa shape index (κ3) is 3.57. The van der Waals surface area contributed by atoms with Gasteiger partial charge >= 0.3 is 5.97 Å². The van der Waals surface area contributed by atoms with Gasteiger partial charge in [-0.1, -0.05) is 30.3 Å². The molecule has 0 fully saturated rings. The van der Waals surface area contributed by atoms with Gasteiger partial charge in [0.15, 0.2) is 6.10 Å². The second kappa shape index (κ2) is 7.76. The molecule has 1 aliphatic rings. The van der Waals surface area contributed by atoms with E-state index < -0.39 is 12.1 Å². The van der Waals surface area contributed by atoms with Crippen LogP contribution < -0.4 is 4.74 Å². The zero-order valence-corrected chi connectivity index (χ0v) is 16.3. The summed E-state index contributed by atoms with van der Waals surface area (Å²) in [6, 6.07) is 17.3. The van der Waals surface area contributed by atoms with E-state index >= 15 is 0 Å². The van der Waals surface area contributed by atoms with Crippen molar-refractivity contribution in [3.05, 3.63) is 70.9 Å². The number of para-hydroxylation sites is 1. The number of rotatable bonds is 4. The summed E-state index contributed by atoms with van der Waals surface area (Å²) < 4.78 is 10.6. The minimum Gasteiger partial charge on any atom is -0.497 e. The van der Waals surface area contributed by atoms with Gasteiger partial charge in [-0.3, -0.25) is 0 Å². The van der Waals surface area contributed by atoms with E-state index in [-0.39, 0.29) is 0 Å². The van der Waals surface area contributed by atoms with Crippen molar-refractivity contribution in [2.45, 2.75) is 25.9 Å². The van der Waals surface area contributed by atoms with Gasteiger partial charge < -0.3 is 9.47 Å². The molecule has 0 amide bonds. The predicted octanol–water partition coefficient (Wildman–Crippen LogP) is 4.80. The van der Waals surface area contributed by atoms with Gasteiger partial charge in [0.1, 0.15) is 11.8 Å². The Hall–Kier alpha value is -3.65. The Morgan fingerprint density at radius 3 is 2.66 bits per heavy atom. The maximum absolute atomic E-state index is 12.9. The SMILES string of the molecule is COc1ccc(C=C2CCc3c2nc2ccccc2c3C(=O)OC(C)C#N)cc1. The number of fused-ring (bicyclic) bond motifs is 2. The summed E-state index contributed by atoms with van der Waals surface area (Å²) in [7, 11) is 1.64. The molecule has 4 rings (SSSR count). The standard InChI is InChI=1S/C24H20N2O3/c1-15(14-25)29-24(27)22-19-5-3-4-6-21(19)26-23-17(9-12-20(22)23)13-16-7-10-18(28-2)11-8-16/h3-8,10-11,13,15H,9,12H2,1-2H3. The Morgan fingerprint density at radius 1 is 1.17 bits per heavy atom. The monoisotopic (exact) mass is 384 g/mol. The molecule has 1 atom stereocenters. The lowest BCUT2D eigenvalue weighted by Gasteiger charge is -2.13. The predicted molar refractivity (Wildman–Crippen MR) is 111 cm³/mol. The van der Waals surface area contributed by atoms with Crippen LogP contribution in [-0.4, -0.2) is 24.2 Å². The molecular weight excluding hydrogens is 364 g/mol. The zero-order valence-electron chi connectivity index (χ0n) is 16.3. The molecule has 0 radical (unpaired) electrons. The van der Waals surface area contributed by atoms with E-state index in [0.717, 1.165) is 45.5 Å². The molecule has 5 nitrogen and oxygen atoms in total. The summed E-state index contributed by atoms with van der Waals surface area (Å²) in [6.07, 6.45) is 2.79. The Kier molecular flexibility index (Phi) is 5.01. The van der Waals surface area contributed by atoms with Crippen molar-refractivity contribution in [3.63, 3.8) is 0 Å². The van der Waals surface area contributed by atoms with E-state index in [0.29, 0.717) is 12.0 Å². The molecule has 1 heterocycles. The van der Waals surface area contributed by atoms with E-state index in [2.05, 4.69) is 6.08 Å². The minimum absolute atomic E-state index is 0.473. The van der Waals surface area contributed by atoms with Crippen LogP contribution in [0, 0.1) is 11.3 Å². The fraction of sp³-hybridized carbons (Fsp3) is 0.208. The number of methoxy groups -OCH3 is 1. The van der Waals surface area contributed by atoms with Crippen LogP contribution in [-0.2, 0) is 11.2 Å². The summed E-state index contributed by atoms with van der Waals surface area (Å²) in [6.45, 7) is 1.57. The molecule has 1 aromatic heterocycles. The molecule has 0 N–H and O–H groups in total. The van der Waals surface area contributed by atoms with Crippen LogP contribution in [0.2, 0.25) is 0 Å². The molecule has 144 valence electrons. The van der Waals surface area contributed by atoms with Crippen LogP contribution >= 0.6 is 0 Å². The maximum atomic E-state index is 12.9. The number of allylic oxidation sites excluding steroid dienone is 1. The number of esters is 1. The highest BCUT2D eigenvalue weighted by Gasteiger charge is 2.28. The number of aromatic nitrogens is 1. The Bertz CT molecular complexity index is 1160. The molecule has 0 saturated carbocycles. The van der Waals surface area contributed by atoms with E-state index in [4.69, 9.17) is 19.7 Å². The van der Waals surface area contributed by atoms with Gasteiger partial charge in [-0.15, -0.1) is 0 Å². The van der Waals surface area contributed by atoms with Gasteiger partial charge in [-0.05, 0) is 60.7 Å². The third-order valence-electron chi connectivity index (χ3n) is 5.07. The quantitative estimate of drug-likeness (QED) is 0.604. The lowest BCUT2D eigenvalue weighted by atomic mass is 10.0. The van der Waals surface area contributed by atoms with Crippen molar-refractivity contribution in [1.82, 2.24) is 4.98 Å². The number of hydrogen-bond donors (Lipinski definition) is 0. The van der Waals surface area contributed by atoms with Crippen molar-refractivity contribution in [2.75, 3.05) is 7.11 Å². The van der Waals surface area contributed by atoms with E-state index in [1.54, 1.807) is 14.0 Å². The van der Waals surface area contributed by atoms with Crippen molar-refractivity contribution in [1.29, 1.82) is 5.26 Å². The first kappa shape index (κ1) is 18.7. The number of carbonyl (C=O) groups is 1. The minimum atomic E-state index is -0.805. The van der Waals surface area contributed by atoms with Gasteiger partial charge in [0, 0.05) is 5.39 Å². The smallest absolute Gasteiger partial charge is 0.340 e. The van der Waals surface area contributed by atoms with Gasteiger partial charge in [0.05, 0.1) is 23.9 Å². The zero-order chi connectivity index (χ0) is 20.4. The first-order valence-electron chi connectivity index (χ1n) is 9.48. The number of hydrogen-bond acceptors (Lipinski definition) is 5. The van der Waals surface area contributed by atoms with Crippen LogP contribution in [0.1, 0.15) is 40.5 Å². The molecule has 0 aliphatic heterocycles. The number of pyridine rings is 1. The Labute approximate surface area is 169 Å². The van der Waals surface area contributed by atoms with Crippen molar-refractivity contribution in [2.24, 2.45) is 0 Å². The average Bonchev–Trinajstić information content (AvgIpc) is 3.14. The lowest BCUT2D eigenvalue weighted by molar-refractivity contribution is 0.0436. The molecule has 0 bridgehead atoms. The summed E-state index contributed by atoms with van der Waals surface area (Å²) in [5, 5.41) is 9.78. The topological polar surface area (TPSA) is 72.2 Å². The normalized spacial score (nSPS) is 15.0. The summed E-state index contributed by atoms with van der Waals surface area (Å²) in [4.78, 5) is 17.7. The summed E-state index contributed by atoms with van der Waals surface area (Å²) >= 11 is 0. The highest BCUT2D eigenvalue weighted by molar-refractivity contribution is 6.07. The Balaban J connectivity index is 1.83. The maximum Gasteiger partial charge on any atom is 0.340 e. The van der Waals surface area contributed by atoms with Crippen LogP contribution in [0.5, 0.6) is 5.75 Å². The summed E-state index contributed by atoms with van der Waals surface area (Å²) in [5.41, 5.74) is 5.11. The number of ether oxygens (including phenoxy) is 2. The van der Waals surface area contributed by atoms with Gasteiger partial charge in [-0.2, -0.15) is 5.26 Å². The second-order valence-corrected chi connectivity index (χ2v) is 6.95. The second-order valence-electron chi connectivity index (χ2n) is 6.95. The number of nitrogens with zero attached hydrogens (tertiary/aromatic N) is 2. The molecule has 29 heavy (non-hydrogen) atoms. The van der Waals surface area contributed by atoms with Gasteiger partial charge in [0.2, 0.25) is 0 Å². The molecule has 0 saturated heterocycles. The first-order chi connectivity index (χ1) is 14.1. The highest BCUT2D eigenvalue weighted by atomic mass is 16.5. The van der Waals surface area contributed by atoms with Gasteiger partial charge in [0.25, 0.3) is 0 Å². The molecular formula is C24H20N2O3. The van der Waals surface area contributed by atoms with E-state index in [9.17, 15) is 4.79 Å². The van der Waals surface area contributed by atoms with Crippen LogP contribution in [0.15, 0.2) is 48.5 Å². The van der Waals surface area contributed by atoms with E-state index in [1.807, 2.05) is 54.6 Å². The largest absolute Gasteiger partial charge is 0.497 e. The highest BCUT2D eigenvalue weighted by Crippen LogP contribution is 2.38. The van der Waals surface area contributed by atoms with Crippen molar-refractivity contribution < 1.29 is 14.3 Å². The van der Waals surface area contributed by atoms with Crippen LogP contribution in [0.25, 0.3) is 22.6 Å². The van der Waals surface area contributed by atoms with Crippen LogP contribution in [0.4, 0.5) is 0 Å². The van der Waals surface area contributed by atoms with Gasteiger partial charge in [-0.25, -0.2) is 9.78 Å². The molecule has 0 spiro atoms. The number of carbonyl (C=O) groups excluding carboxylic acids is 1. The first-order valence-corrected chi connectivity index (χ1v) is 9.48. The molecule has 3 aromatic rings. The van der Waals surface area contributed by atoms with Crippen LogP contribution in [0.3, 0.4) is 0 Å². The lowest BCUT2D eigenvalue weighted by Crippen LogP contribution is -2.16. The Morgan fingerprint density at radius 2 is 1.93 bits per heavy atom. The molecule has 5 heteroatoms. The fourth-order valence-electron chi connectivity index (χ4n) is 3.66. The van der Waals surface area contributed by atoms with E-state index in [1.165, 1.54) is 0 Å². The number of benzene rings is 2. The number of nitriles is 1. The van der Waals surface area contributed by atoms with Crippen molar-refractivity contribution >= 4 is 28.5 Å². The molecule has 2 aromatic carbocycles. The molecule has 1 aliphatic carbocycles. The average molecular weight is 384 g/mol.